The summed E-state index contributed by atoms with van der Waals surface area (Å²) in [6.45, 7) is 2.19. The van der Waals surface area contributed by atoms with Crippen LogP contribution in [0.1, 0.15) is 71.1 Å². The maximum absolute atomic E-state index is 10.9. The van der Waals surface area contributed by atoms with Gasteiger partial charge in [-0.25, -0.2) is 0 Å². The van der Waals surface area contributed by atoms with E-state index in [-0.39, 0.29) is 6.42 Å². The molecule has 0 saturated carbocycles. The van der Waals surface area contributed by atoms with Crippen molar-refractivity contribution in [2.24, 2.45) is 0 Å². The van der Waals surface area contributed by atoms with Crippen molar-refractivity contribution in [3.8, 4) is 0 Å². The van der Waals surface area contributed by atoms with Gasteiger partial charge in [-0.2, -0.15) is 8.42 Å². The van der Waals surface area contributed by atoms with Crippen molar-refractivity contribution in [1.29, 1.82) is 0 Å². The van der Waals surface area contributed by atoms with E-state index in [9.17, 15) is 13.2 Å². The standard InChI is InChI=1S/C12H24O5S.C6H6ClN/c1-2-3-4-5-6-7-8-9-10-11-12(13)17-18(14,15)16;7-5-1-3-6(8)4-2-5/h2-11H2,1H3,(H,14,15,16);1-4H,8H2. The summed E-state index contributed by atoms with van der Waals surface area (Å²) >= 11 is 5.56. The quantitative estimate of drug-likeness (QED) is 0.297. The number of benzene rings is 1. The summed E-state index contributed by atoms with van der Waals surface area (Å²) in [6, 6.07) is 7.05. The van der Waals surface area contributed by atoms with Crippen LogP contribution < -0.4 is 5.73 Å². The number of anilines is 1. The first-order chi connectivity index (χ1) is 12.2. The molecule has 1 aromatic rings. The Morgan fingerprint density at radius 1 is 1.00 bits per heavy atom. The number of carbonyl (C=O) groups is 1. The average Bonchev–Trinajstić information content (AvgIpc) is 2.55. The van der Waals surface area contributed by atoms with Crippen LogP contribution in [0.15, 0.2) is 24.3 Å². The first kappa shape index (κ1) is 24.7. The number of halogens is 1. The minimum Gasteiger partial charge on any atom is -0.399 e. The molecule has 8 heteroatoms. The fraction of sp³-hybridized carbons (Fsp3) is 0.611. The molecular weight excluding hydrogens is 378 g/mol. The van der Waals surface area contributed by atoms with Crippen molar-refractivity contribution in [3.63, 3.8) is 0 Å². The third kappa shape index (κ3) is 17.5. The summed E-state index contributed by atoms with van der Waals surface area (Å²) in [4.78, 5) is 10.9. The second-order valence-corrected chi connectivity index (χ2v) is 7.47. The smallest absolute Gasteiger partial charge is 0.399 e. The van der Waals surface area contributed by atoms with Gasteiger partial charge in [-0.3, -0.25) is 9.35 Å². The van der Waals surface area contributed by atoms with Gasteiger partial charge < -0.3 is 9.92 Å². The van der Waals surface area contributed by atoms with E-state index in [1.54, 1.807) is 24.3 Å². The molecule has 6 nitrogen and oxygen atoms in total. The molecular formula is C18H30ClNO5S. The Morgan fingerprint density at radius 2 is 1.46 bits per heavy atom. The Morgan fingerprint density at radius 3 is 1.88 bits per heavy atom. The van der Waals surface area contributed by atoms with Crippen LogP contribution in [-0.4, -0.2) is 18.9 Å². The van der Waals surface area contributed by atoms with Gasteiger partial charge in [0.05, 0.1) is 0 Å². The first-order valence-corrected chi connectivity index (χ1v) is 10.7. The van der Waals surface area contributed by atoms with Gasteiger partial charge in [-0.1, -0.05) is 69.9 Å². The van der Waals surface area contributed by atoms with Crippen molar-refractivity contribution in [3.05, 3.63) is 29.3 Å². The van der Waals surface area contributed by atoms with Crippen molar-refractivity contribution in [2.75, 3.05) is 5.73 Å². The maximum atomic E-state index is 10.9. The second kappa shape index (κ2) is 14.8. The SMILES string of the molecule is CCCCCCCCCCCC(=O)OS(=O)(=O)O.Nc1ccc(Cl)cc1. The van der Waals surface area contributed by atoms with Crippen LogP contribution in [0.25, 0.3) is 0 Å². The first-order valence-electron chi connectivity index (χ1n) is 8.95. The molecule has 0 heterocycles. The second-order valence-electron chi connectivity index (χ2n) is 6.01. The zero-order chi connectivity index (χ0) is 19.8. The van der Waals surface area contributed by atoms with Gasteiger partial charge in [0, 0.05) is 17.1 Å². The Labute approximate surface area is 162 Å². The molecule has 3 N–H and O–H groups in total. The lowest BCUT2D eigenvalue weighted by Crippen LogP contribution is -2.11. The largest absolute Gasteiger partial charge is 0.448 e. The third-order valence-electron chi connectivity index (χ3n) is 3.55. The fourth-order valence-electron chi connectivity index (χ4n) is 2.20. The molecule has 0 aliphatic heterocycles. The predicted molar refractivity (Wildman–Crippen MR) is 105 cm³/mol. The lowest BCUT2D eigenvalue weighted by Gasteiger charge is -2.02. The van der Waals surface area contributed by atoms with E-state index in [0.29, 0.717) is 6.42 Å². The van der Waals surface area contributed by atoms with E-state index in [0.717, 1.165) is 30.0 Å². The molecule has 150 valence electrons. The van der Waals surface area contributed by atoms with Crippen LogP contribution in [0.5, 0.6) is 0 Å². The number of unbranched alkanes of at least 4 members (excludes halogenated alkanes) is 8. The molecule has 0 aliphatic carbocycles. The molecule has 0 fully saturated rings. The van der Waals surface area contributed by atoms with E-state index in [1.807, 2.05) is 0 Å². The molecule has 0 saturated heterocycles. The summed E-state index contributed by atoms with van der Waals surface area (Å²) in [5.74, 6) is -0.888. The Hall–Kier alpha value is -1.31. The van der Waals surface area contributed by atoms with E-state index < -0.39 is 16.4 Å². The van der Waals surface area contributed by atoms with Gasteiger partial charge in [0.1, 0.15) is 0 Å². The molecule has 0 atom stereocenters. The highest BCUT2D eigenvalue weighted by molar-refractivity contribution is 7.81. The zero-order valence-electron chi connectivity index (χ0n) is 15.3. The molecule has 1 aromatic carbocycles. The van der Waals surface area contributed by atoms with Crippen molar-refractivity contribution >= 4 is 33.7 Å². The molecule has 0 aliphatic rings. The highest BCUT2D eigenvalue weighted by Gasteiger charge is 2.12. The number of carbonyl (C=O) groups excluding carboxylic acids is 1. The van der Waals surface area contributed by atoms with Crippen LogP contribution in [0.3, 0.4) is 0 Å². The van der Waals surface area contributed by atoms with Crippen molar-refractivity contribution < 1.29 is 21.9 Å². The molecule has 0 aromatic heterocycles. The van der Waals surface area contributed by atoms with Gasteiger partial charge in [0.25, 0.3) is 0 Å². The molecule has 0 bridgehead atoms. The Bertz CT molecular complexity index is 569. The molecule has 26 heavy (non-hydrogen) atoms. The summed E-state index contributed by atoms with van der Waals surface area (Å²) in [5.41, 5.74) is 6.11. The van der Waals surface area contributed by atoms with Crippen LogP contribution in [0.4, 0.5) is 5.69 Å². The Kier molecular flexibility index (Phi) is 14.1. The Balaban J connectivity index is 0.000000642. The van der Waals surface area contributed by atoms with E-state index in [2.05, 4.69) is 11.1 Å². The summed E-state index contributed by atoms with van der Waals surface area (Å²) in [5, 5.41) is 0.721. The molecule has 1 rings (SSSR count). The zero-order valence-corrected chi connectivity index (χ0v) is 16.9. The highest BCUT2D eigenvalue weighted by Crippen LogP contribution is 2.11. The van der Waals surface area contributed by atoms with Crippen LogP contribution in [0.2, 0.25) is 5.02 Å². The maximum Gasteiger partial charge on any atom is 0.448 e. The average molecular weight is 408 g/mol. The number of hydrogen-bond acceptors (Lipinski definition) is 5. The monoisotopic (exact) mass is 407 g/mol. The minimum absolute atomic E-state index is 0.0373. The van der Waals surface area contributed by atoms with Gasteiger partial charge >= 0.3 is 16.4 Å². The van der Waals surface area contributed by atoms with E-state index in [1.165, 1.54) is 32.1 Å². The molecule has 0 unspecified atom stereocenters. The topological polar surface area (TPSA) is 107 Å². The van der Waals surface area contributed by atoms with Crippen molar-refractivity contribution in [1.82, 2.24) is 0 Å². The van der Waals surface area contributed by atoms with Gasteiger partial charge in [-0.15, -0.1) is 0 Å². The van der Waals surface area contributed by atoms with Crippen LogP contribution >= 0.6 is 11.6 Å². The number of rotatable bonds is 11. The van der Waals surface area contributed by atoms with Crippen LogP contribution in [-0.2, 0) is 19.4 Å². The number of nitrogen functional groups attached to an aromatic ring is 1. The molecule has 0 amide bonds. The minimum atomic E-state index is -4.63. The molecule has 0 spiro atoms. The number of nitrogens with two attached hydrogens (primary N) is 1. The van der Waals surface area contributed by atoms with E-state index >= 15 is 0 Å². The lowest BCUT2D eigenvalue weighted by atomic mass is 10.1. The van der Waals surface area contributed by atoms with Gasteiger partial charge in [0.15, 0.2) is 0 Å². The van der Waals surface area contributed by atoms with Crippen LogP contribution in [0, 0.1) is 0 Å². The fourth-order valence-corrected chi connectivity index (χ4v) is 2.65. The van der Waals surface area contributed by atoms with Gasteiger partial charge in [-0.05, 0) is 30.7 Å². The highest BCUT2D eigenvalue weighted by atomic mass is 35.5. The number of hydrogen-bond donors (Lipinski definition) is 2. The summed E-state index contributed by atoms with van der Waals surface area (Å²) < 4.78 is 32.5. The predicted octanol–water partition coefficient (Wildman–Crippen LogP) is 5.18. The normalized spacial score (nSPS) is 10.7. The van der Waals surface area contributed by atoms with Crippen molar-refractivity contribution in [2.45, 2.75) is 71.1 Å². The summed E-state index contributed by atoms with van der Waals surface area (Å²) in [6.07, 6.45) is 10.0. The summed E-state index contributed by atoms with van der Waals surface area (Å²) in [7, 11) is -4.63. The molecule has 0 radical (unpaired) electrons. The lowest BCUT2D eigenvalue weighted by molar-refractivity contribution is -0.134. The van der Waals surface area contributed by atoms with E-state index in [4.69, 9.17) is 21.9 Å². The third-order valence-corrected chi connectivity index (χ3v) is 4.20. The van der Waals surface area contributed by atoms with Gasteiger partial charge in [0.2, 0.25) is 0 Å².